The third-order valence-electron chi connectivity index (χ3n) is 3.07. The predicted molar refractivity (Wildman–Crippen MR) is 64.5 cm³/mol. The van der Waals surface area contributed by atoms with Crippen molar-refractivity contribution in [2.75, 3.05) is 13.1 Å². The molecule has 17 heavy (non-hydrogen) atoms. The maximum Gasteiger partial charge on any atom is 0.254 e. The number of amides is 1. The van der Waals surface area contributed by atoms with E-state index in [1.807, 2.05) is 0 Å². The standard InChI is InChI=1S/C13H17FN2O/c1-9-4-2-6-11(12(9)14)13(17)16-10-5-3-7-15-8-10/h2,4,6,10,15H,3,5,7-8H2,1H3,(H,16,17). The van der Waals surface area contributed by atoms with Crippen LogP contribution >= 0.6 is 0 Å². The number of carbonyl (C=O) groups is 1. The Morgan fingerprint density at radius 2 is 2.35 bits per heavy atom. The highest BCUT2D eigenvalue weighted by atomic mass is 19.1. The molecular formula is C13H17FN2O. The van der Waals surface area contributed by atoms with E-state index in [1.54, 1.807) is 19.1 Å². The lowest BCUT2D eigenvalue weighted by Gasteiger charge is -2.23. The van der Waals surface area contributed by atoms with Gasteiger partial charge in [-0.1, -0.05) is 12.1 Å². The van der Waals surface area contributed by atoms with Crippen LogP contribution in [0.15, 0.2) is 18.2 Å². The molecular weight excluding hydrogens is 219 g/mol. The number of hydrogen-bond donors (Lipinski definition) is 2. The first-order valence-electron chi connectivity index (χ1n) is 5.95. The van der Waals surface area contributed by atoms with Crippen molar-refractivity contribution in [2.24, 2.45) is 0 Å². The molecule has 1 aromatic rings. The third kappa shape index (κ3) is 2.82. The van der Waals surface area contributed by atoms with E-state index in [9.17, 15) is 9.18 Å². The van der Waals surface area contributed by atoms with Gasteiger partial charge in [-0.15, -0.1) is 0 Å². The van der Waals surface area contributed by atoms with Gasteiger partial charge in [0.1, 0.15) is 5.82 Å². The van der Waals surface area contributed by atoms with Gasteiger partial charge >= 0.3 is 0 Å². The molecule has 0 aliphatic carbocycles. The Labute approximate surface area is 100 Å². The van der Waals surface area contributed by atoms with E-state index in [0.29, 0.717) is 5.56 Å². The molecule has 1 saturated heterocycles. The summed E-state index contributed by atoms with van der Waals surface area (Å²) >= 11 is 0. The van der Waals surface area contributed by atoms with Crippen molar-refractivity contribution in [3.8, 4) is 0 Å². The highest BCUT2D eigenvalue weighted by molar-refractivity contribution is 5.94. The molecule has 1 aliphatic rings. The van der Waals surface area contributed by atoms with Crippen molar-refractivity contribution in [3.05, 3.63) is 35.1 Å². The van der Waals surface area contributed by atoms with Crippen LogP contribution in [-0.4, -0.2) is 25.0 Å². The Kier molecular flexibility index (Phi) is 3.74. The van der Waals surface area contributed by atoms with E-state index >= 15 is 0 Å². The van der Waals surface area contributed by atoms with Crippen molar-refractivity contribution < 1.29 is 9.18 Å². The van der Waals surface area contributed by atoms with Crippen LogP contribution in [0.4, 0.5) is 4.39 Å². The fraction of sp³-hybridized carbons (Fsp3) is 0.462. The van der Waals surface area contributed by atoms with Crippen molar-refractivity contribution in [3.63, 3.8) is 0 Å². The second-order valence-electron chi connectivity index (χ2n) is 4.45. The van der Waals surface area contributed by atoms with Gasteiger partial charge in [-0.25, -0.2) is 4.39 Å². The van der Waals surface area contributed by atoms with Crippen molar-refractivity contribution in [2.45, 2.75) is 25.8 Å². The Hall–Kier alpha value is -1.42. The van der Waals surface area contributed by atoms with Gasteiger partial charge in [-0.3, -0.25) is 4.79 Å². The Morgan fingerprint density at radius 3 is 3.06 bits per heavy atom. The minimum Gasteiger partial charge on any atom is -0.348 e. The van der Waals surface area contributed by atoms with E-state index in [2.05, 4.69) is 10.6 Å². The molecule has 1 unspecified atom stereocenters. The van der Waals surface area contributed by atoms with Gasteiger partial charge in [-0.05, 0) is 37.9 Å². The highest BCUT2D eigenvalue weighted by Crippen LogP contribution is 2.12. The smallest absolute Gasteiger partial charge is 0.254 e. The quantitative estimate of drug-likeness (QED) is 0.819. The summed E-state index contributed by atoms with van der Waals surface area (Å²) in [4.78, 5) is 11.9. The van der Waals surface area contributed by atoms with Gasteiger partial charge in [0.25, 0.3) is 5.91 Å². The van der Waals surface area contributed by atoms with Crippen molar-refractivity contribution in [1.29, 1.82) is 0 Å². The SMILES string of the molecule is Cc1cccc(C(=O)NC2CCCNC2)c1F. The maximum absolute atomic E-state index is 13.7. The molecule has 1 aliphatic heterocycles. The summed E-state index contributed by atoms with van der Waals surface area (Å²) in [6.45, 7) is 3.42. The van der Waals surface area contributed by atoms with Gasteiger partial charge in [-0.2, -0.15) is 0 Å². The van der Waals surface area contributed by atoms with Gasteiger partial charge in [0.15, 0.2) is 0 Å². The second kappa shape index (κ2) is 5.27. The molecule has 4 heteroatoms. The Morgan fingerprint density at radius 1 is 1.53 bits per heavy atom. The average molecular weight is 236 g/mol. The van der Waals surface area contributed by atoms with E-state index in [0.717, 1.165) is 25.9 Å². The summed E-state index contributed by atoms with van der Waals surface area (Å²) in [5.41, 5.74) is 0.634. The fourth-order valence-electron chi connectivity index (χ4n) is 2.06. The van der Waals surface area contributed by atoms with Crippen LogP contribution in [-0.2, 0) is 0 Å². The summed E-state index contributed by atoms with van der Waals surface area (Å²) in [6.07, 6.45) is 1.99. The molecule has 92 valence electrons. The van der Waals surface area contributed by atoms with Crippen molar-refractivity contribution >= 4 is 5.91 Å². The zero-order chi connectivity index (χ0) is 12.3. The van der Waals surface area contributed by atoms with E-state index < -0.39 is 5.82 Å². The molecule has 1 aromatic carbocycles. The van der Waals surface area contributed by atoms with Crippen LogP contribution in [0.25, 0.3) is 0 Å². The Bertz CT molecular complexity index is 414. The molecule has 3 nitrogen and oxygen atoms in total. The van der Waals surface area contributed by atoms with Crippen LogP contribution in [0.2, 0.25) is 0 Å². The number of benzene rings is 1. The number of halogens is 1. The second-order valence-corrected chi connectivity index (χ2v) is 4.45. The van der Waals surface area contributed by atoms with Crippen LogP contribution in [0.3, 0.4) is 0 Å². The predicted octanol–water partition coefficient (Wildman–Crippen LogP) is 1.62. The summed E-state index contributed by atoms with van der Waals surface area (Å²) in [7, 11) is 0. The topological polar surface area (TPSA) is 41.1 Å². The zero-order valence-corrected chi connectivity index (χ0v) is 9.92. The monoisotopic (exact) mass is 236 g/mol. The van der Waals surface area contributed by atoms with E-state index in [4.69, 9.17) is 0 Å². The largest absolute Gasteiger partial charge is 0.348 e. The van der Waals surface area contributed by atoms with Crippen LogP contribution in [0, 0.1) is 12.7 Å². The third-order valence-corrected chi connectivity index (χ3v) is 3.07. The molecule has 2 rings (SSSR count). The molecule has 0 bridgehead atoms. The number of rotatable bonds is 2. The van der Waals surface area contributed by atoms with Crippen LogP contribution in [0.5, 0.6) is 0 Å². The highest BCUT2D eigenvalue weighted by Gasteiger charge is 2.18. The molecule has 1 heterocycles. The van der Waals surface area contributed by atoms with Gasteiger partial charge < -0.3 is 10.6 Å². The lowest BCUT2D eigenvalue weighted by atomic mass is 10.1. The molecule has 2 N–H and O–H groups in total. The molecule has 1 amide bonds. The summed E-state index contributed by atoms with van der Waals surface area (Å²) in [5.74, 6) is -0.742. The minimum absolute atomic E-state index is 0.108. The summed E-state index contributed by atoms with van der Waals surface area (Å²) in [6, 6.07) is 4.99. The summed E-state index contributed by atoms with van der Waals surface area (Å²) in [5, 5.41) is 6.07. The summed E-state index contributed by atoms with van der Waals surface area (Å²) < 4.78 is 13.7. The zero-order valence-electron chi connectivity index (χ0n) is 9.92. The minimum atomic E-state index is -0.422. The number of piperidine rings is 1. The number of hydrogen-bond acceptors (Lipinski definition) is 2. The number of nitrogens with one attached hydrogen (secondary N) is 2. The first kappa shape index (κ1) is 12.0. The molecule has 1 fully saturated rings. The molecule has 0 spiro atoms. The fourth-order valence-corrected chi connectivity index (χ4v) is 2.06. The lowest BCUT2D eigenvalue weighted by molar-refractivity contribution is 0.0926. The number of carbonyl (C=O) groups excluding carboxylic acids is 1. The molecule has 0 radical (unpaired) electrons. The van der Waals surface area contributed by atoms with Gasteiger partial charge in [0.05, 0.1) is 5.56 Å². The maximum atomic E-state index is 13.7. The normalized spacial score (nSPS) is 20.0. The lowest BCUT2D eigenvalue weighted by Crippen LogP contribution is -2.45. The molecule has 0 aromatic heterocycles. The van der Waals surface area contributed by atoms with E-state index in [1.165, 1.54) is 6.07 Å². The first-order chi connectivity index (χ1) is 8.18. The molecule has 0 saturated carbocycles. The average Bonchev–Trinajstić information content (AvgIpc) is 2.34. The first-order valence-corrected chi connectivity index (χ1v) is 5.95. The van der Waals surface area contributed by atoms with Crippen LogP contribution < -0.4 is 10.6 Å². The van der Waals surface area contributed by atoms with E-state index in [-0.39, 0.29) is 17.5 Å². The number of aryl methyl sites for hydroxylation is 1. The van der Waals surface area contributed by atoms with Crippen molar-refractivity contribution in [1.82, 2.24) is 10.6 Å². The Balaban J connectivity index is 2.06. The molecule has 1 atom stereocenters. The van der Waals surface area contributed by atoms with Gasteiger partial charge in [0.2, 0.25) is 0 Å². The van der Waals surface area contributed by atoms with Crippen LogP contribution in [0.1, 0.15) is 28.8 Å². The van der Waals surface area contributed by atoms with Gasteiger partial charge in [0, 0.05) is 12.6 Å².